The summed E-state index contributed by atoms with van der Waals surface area (Å²) in [4.78, 5) is 0. The second-order valence-corrected chi connectivity index (χ2v) is 8.12. The molecule has 0 aromatic heterocycles. The number of aryl methyl sites for hydroxylation is 1. The number of rotatable bonds is 11. The molecule has 0 N–H and O–H groups in total. The molecule has 0 aliphatic carbocycles. The molecule has 1 fully saturated rings. The maximum atomic E-state index is 12.9. The van der Waals surface area contributed by atoms with Gasteiger partial charge >= 0.3 is 6.18 Å². The molecule has 2 aromatic carbocycles. The minimum atomic E-state index is -4.33. The Labute approximate surface area is 178 Å². The number of hydrogen-bond donors (Lipinski definition) is 0. The molecule has 1 nitrogen and oxygen atoms in total. The van der Waals surface area contributed by atoms with Gasteiger partial charge in [-0.25, -0.2) is 0 Å². The standard InChI is InChI=1S/C26H31F3O/c1-2-3-4-5-6-7-8-11-20-12-9-13-21(18-20)16-17-24-25(30-24)22-14-10-15-23(19-22)26(27,28)29/h9-10,12-19,24-25H,2-8,11H2,1H3/t24?,25-/m1/s1. The van der Waals surface area contributed by atoms with Gasteiger partial charge in [0.1, 0.15) is 12.2 Å². The first-order valence-corrected chi connectivity index (χ1v) is 11.1. The molecule has 30 heavy (non-hydrogen) atoms. The van der Waals surface area contributed by atoms with Gasteiger partial charge in [-0.2, -0.15) is 13.2 Å². The first kappa shape index (κ1) is 22.6. The van der Waals surface area contributed by atoms with Gasteiger partial charge in [0.05, 0.1) is 5.56 Å². The summed E-state index contributed by atoms with van der Waals surface area (Å²) in [6.45, 7) is 2.24. The number of benzene rings is 2. The predicted molar refractivity (Wildman–Crippen MR) is 116 cm³/mol. The highest BCUT2D eigenvalue weighted by Crippen LogP contribution is 2.41. The average Bonchev–Trinajstić information content (AvgIpc) is 3.51. The highest BCUT2D eigenvalue weighted by molar-refractivity contribution is 5.52. The third kappa shape index (κ3) is 7.02. The zero-order valence-electron chi connectivity index (χ0n) is 17.6. The molecule has 0 bridgehead atoms. The Hall–Kier alpha value is -2.07. The molecule has 2 atom stereocenters. The Morgan fingerprint density at radius 2 is 1.63 bits per heavy atom. The first-order chi connectivity index (χ1) is 14.5. The maximum Gasteiger partial charge on any atom is 0.416 e. The SMILES string of the molecule is CCCCCCCCCc1cccc(C=CC2O[C@@H]2c2cccc(C(F)(F)F)c2)c1. The normalized spacial score (nSPS) is 18.8. The lowest BCUT2D eigenvalue weighted by atomic mass is 10.0. The molecule has 1 unspecified atom stereocenters. The van der Waals surface area contributed by atoms with Gasteiger partial charge in [-0.1, -0.05) is 94.0 Å². The predicted octanol–water partition coefficient (Wildman–Crippen LogP) is 8.15. The Kier molecular flexibility index (Phi) is 8.15. The number of hydrogen-bond acceptors (Lipinski definition) is 1. The van der Waals surface area contributed by atoms with Gasteiger partial charge in [0, 0.05) is 0 Å². The molecular formula is C26H31F3O. The van der Waals surface area contributed by atoms with Crippen molar-refractivity contribution in [2.24, 2.45) is 0 Å². The fourth-order valence-electron chi connectivity index (χ4n) is 3.77. The molecule has 2 aromatic rings. The zero-order chi connectivity index (χ0) is 21.4. The molecule has 0 radical (unpaired) electrons. The van der Waals surface area contributed by atoms with Crippen LogP contribution in [0.3, 0.4) is 0 Å². The van der Waals surface area contributed by atoms with Crippen molar-refractivity contribution < 1.29 is 17.9 Å². The Bertz CT molecular complexity index is 825. The lowest BCUT2D eigenvalue weighted by Crippen LogP contribution is -2.05. The summed E-state index contributed by atoms with van der Waals surface area (Å²) in [6.07, 6.45) is 9.36. The summed E-state index contributed by atoms with van der Waals surface area (Å²) >= 11 is 0. The molecule has 4 heteroatoms. The average molecular weight is 417 g/mol. The van der Waals surface area contributed by atoms with Crippen molar-refractivity contribution in [2.45, 2.75) is 76.7 Å². The van der Waals surface area contributed by atoms with Gasteiger partial charge < -0.3 is 4.74 Å². The number of alkyl halides is 3. The van der Waals surface area contributed by atoms with Crippen LogP contribution < -0.4 is 0 Å². The topological polar surface area (TPSA) is 12.5 Å². The van der Waals surface area contributed by atoms with E-state index >= 15 is 0 Å². The van der Waals surface area contributed by atoms with Crippen LogP contribution in [0.1, 0.15) is 80.2 Å². The van der Waals surface area contributed by atoms with E-state index in [2.05, 4.69) is 25.1 Å². The van der Waals surface area contributed by atoms with Crippen molar-refractivity contribution in [1.82, 2.24) is 0 Å². The minimum absolute atomic E-state index is 0.166. The van der Waals surface area contributed by atoms with Crippen LogP contribution in [-0.2, 0) is 17.3 Å². The summed E-state index contributed by atoms with van der Waals surface area (Å²) in [5.74, 6) is 0. The van der Waals surface area contributed by atoms with Gasteiger partial charge in [0.15, 0.2) is 0 Å². The molecule has 0 spiro atoms. The third-order valence-corrected chi connectivity index (χ3v) is 5.57. The van der Waals surface area contributed by atoms with E-state index in [1.54, 1.807) is 6.07 Å². The molecule has 1 aliphatic heterocycles. The molecule has 3 rings (SSSR count). The van der Waals surface area contributed by atoms with E-state index in [0.717, 1.165) is 18.1 Å². The number of epoxide rings is 1. The monoisotopic (exact) mass is 416 g/mol. The van der Waals surface area contributed by atoms with Crippen LogP contribution in [0.15, 0.2) is 54.6 Å². The van der Waals surface area contributed by atoms with Crippen molar-refractivity contribution in [3.8, 4) is 0 Å². The van der Waals surface area contributed by atoms with Gasteiger partial charge in [-0.15, -0.1) is 0 Å². The van der Waals surface area contributed by atoms with E-state index in [-0.39, 0.29) is 12.2 Å². The summed E-state index contributed by atoms with van der Waals surface area (Å²) in [6, 6.07) is 13.9. The van der Waals surface area contributed by atoms with E-state index < -0.39 is 11.7 Å². The molecule has 1 saturated heterocycles. The highest BCUT2D eigenvalue weighted by atomic mass is 19.4. The van der Waals surface area contributed by atoms with E-state index in [1.807, 2.05) is 18.2 Å². The number of ether oxygens (including phenoxy) is 1. The summed E-state index contributed by atoms with van der Waals surface area (Å²) < 4.78 is 44.2. The quantitative estimate of drug-likeness (QED) is 0.266. The van der Waals surface area contributed by atoms with Gasteiger partial charge in [0.2, 0.25) is 0 Å². The molecule has 1 heterocycles. The molecular weight excluding hydrogens is 385 g/mol. The van der Waals surface area contributed by atoms with Crippen molar-refractivity contribution in [3.63, 3.8) is 0 Å². The van der Waals surface area contributed by atoms with Crippen LogP contribution in [0, 0.1) is 0 Å². The lowest BCUT2D eigenvalue weighted by Gasteiger charge is -2.07. The summed E-state index contributed by atoms with van der Waals surface area (Å²) in [7, 11) is 0. The highest BCUT2D eigenvalue weighted by Gasteiger charge is 2.39. The summed E-state index contributed by atoms with van der Waals surface area (Å²) in [5.41, 5.74) is 2.38. The molecule has 162 valence electrons. The second-order valence-electron chi connectivity index (χ2n) is 8.12. The fourth-order valence-corrected chi connectivity index (χ4v) is 3.77. The van der Waals surface area contributed by atoms with Gasteiger partial charge in [0.25, 0.3) is 0 Å². The maximum absolute atomic E-state index is 12.9. The molecule has 1 aliphatic rings. The van der Waals surface area contributed by atoms with Crippen LogP contribution in [0.5, 0.6) is 0 Å². The van der Waals surface area contributed by atoms with Crippen molar-refractivity contribution in [3.05, 3.63) is 76.9 Å². The van der Waals surface area contributed by atoms with Crippen LogP contribution in [0.25, 0.3) is 6.08 Å². The summed E-state index contributed by atoms with van der Waals surface area (Å²) in [5, 5.41) is 0. The van der Waals surface area contributed by atoms with E-state index in [4.69, 9.17) is 4.74 Å². The Morgan fingerprint density at radius 3 is 2.40 bits per heavy atom. The van der Waals surface area contributed by atoms with Crippen LogP contribution in [0.4, 0.5) is 13.2 Å². The van der Waals surface area contributed by atoms with Crippen LogP contribution in [0.2, 0.25) is 0 Å². The van der Waals surface area contributed by atoms with E-state index in [1.165, 1.54) is 62.6 Å². The van der Waals surface area contributed by atoms with Gasteiger partial charge in [-0.3, -0.25) is 0 Å². The number of halogens is 3. The molecule has 0 amide bonds. The third-order valence-electron chi connectivity index (χ3n) is 5.57. The largest absolute Gasteiger partial charge is 0.416 e. The smallest absolute Gasteiger partial charge is 0.360 e. The Morgan fingerprint density at radius 1 is 0.900 bits per heavy atom. The fraction of sp³-hybridized carbons (Fsp3) is 0.462. The first-order valence-electron chi connectivity index (χ1n) is 11.1. The van der Waals surface area contributed by atoms with Crippen LogP contribution in [-0.4, -0.2) is 6.10 Å². The number of unbranched alkanes of at least 4 members (excludes halogenated alkanes) is 6. The van der Waals surface area contributed by atoms with Crippen molar-refractivity contribution in [1.29, 1.82) is 0 Å². The minimum Gasteiger partial charge on any atom is -0.360 e. The van der Waals surface area contributed by atoms with Crippen molar-refractivity contribution in [2.75, 3.05) is 0 Å². The zero-order valence-corrected chi connectivity index (χ0v) is 17.6. The van der Waals surface area contributed by atoms with Gasteiger partial charge in [-0.05, 0) is 41.7 Å². The lowest BCUT2D eigenvalue weighted by molar-refractivity contribution is -0.137. The molecule has 0 saturated carbocycles. The van der Waals surface area contributed by atoms with E-state index in [0.29, 0.717) is 5.56 Å². The second kappa shape index (κ2) is 10.8. The van der Waals surface area contributed by atoms with Crippen LogP contribution >= 0.6 is 0 Å². The Balaban J connectivity index is 1.47. The van der Waals surface area contributed by atoms with Crippen molar-refractivity contribution >= 4 is 6.08 Å². The van der Waals surface area contributed by atoms with E-state index in [9.17, 15) is 13.2 Å².